The van der Waals surface area contributed by atoms with E-state index in [4.69, 9.17) is 0 Å². The first-order valence-corrected chi connectivity index (χ1v) is 3.73. The van der Waals surface area contributed by atoms with E-state index in [1.54, 1.807) is 6.08 Å². The first kappa shape index (κ1) is 6.59. The van der Waals surface area contributed by atoms with Crippen molar-refractivity contribution in [2.45, 2.75) is 13.3 Å². The van der Waals surface area contributed by atoms with Crippen molar-refractivity contribution < 1.29 is 4.39 Å². The lowest BCUT2D eigenvalue weighted by atomic mass is 9.99. The van der Waals surface area contributed by atoms with Gasteiger partial charge in [0.2, 0.25) is 0 Å². The van der Waals surface area contributed by atoms with E-state index in [2.05, 4.69) is 6.08 Å². The van der Waals surface area contributed by atoms with E-state index in [9.17, 15) is 4.39 Å². The molecule has 0 saturated carbocycles. The van der Waals surface area contributed by atoms with E-state index < -0.39 is 0 Å². The summed E-state index contributed by atoms with van der Waals surface area (Å²) in [6, 6.07) is 0. The molecule has 2 aliphatic rings. The summed E-state index contributed by atoms with van der Waals surface area (Å²) in [6.45, 7) is 1.95. The highest BCUT2D eigenvalue weighted by molar-refractivity contribution is 5.59. The van der Waals surface area contributed by atoms with Gasteiger partial charge in [-0.3, -0.25) is 0 Å². The molecule has 11 heavy (non-hydrogen) atoms. The molecule has 0 nitrogen and oxygen atoms in total. The molecule has 0 aliphatic heterocycles. The van der Waals surface area contributed by atoms with Crippen LogP contribution >= 0.6 is 0 Å². The van der Waals surface area contributed by atoms with Crippen LogP contribution in [0.15, 0.2) is 46.9 Å². The number of halogens is 1. The van der Waals surface area contributed by atoms with Crippen molar-refractivity contribution in [3.05, 3.63) is 46.9 Å². The maximum Gasteiger partial charge on any atom is 0.130 e. The highest BCUT2D eigenvalue weighted by atomic mass is 19.1. The van der Waals surface area contributed by atoms with E-state index in [0.717, 1.165) is 23.1 Å². The molecule has 0 heterocycles. The lowest BCUT2D eigenvalue weighted by molar-refractivity contribution is 0.657. The first-order chi connectivity index (χ1) is 5.29. The molecule has 2 rings (SSSR count). The second-order valence-electron chi connectivity index (χ2n) is 2.87. The summed E-state index contributed by atoms with van der Waals surface area (Å²) >= 11 is 0. The zero-order valence-corrected chi connectivity index (χ0v) is 6.39. The smallest absolute Gasteiger partial charge is 0.130 e. The summed E-state index contributed by atoms with van der Waals surface area (Å²) in [5.74, 6) is -0.0816. The molecule has 0 unspecified atom stereocenters. The summed E-state index contributed by atoms with van der Waals surface area (Å²) in [5, 5.41) is 0. The monoisotopic (exact) mass is 148 g/mol. The van der Waals surface area contributed by atoms with Crippen molar-refractivity contribution >= 4 is 0 Å². The molecule has 0 aromatic heterocycles. The van der Waals surface area contributed by atoms with Crippen molar-refractivity contribution in [2.75, 3.05) is 0 Å². The second-order valence-corrected chi connectivity index (χ2v) is 2.87. The van der Waals surface area contributed by atoms with Crippen LogP contribution in [0.5, 0.6) is 0 Å². The van der Waals surface area contributed by atoms with Gasteiger partial charge in [-0.2, -0.15) is 0 Å². The number of allylic oxidation sites excluding steroid dienone is 8. The lowest BCUT2D eigenvalue weighted by Gasteiger charge is -2.06. The maximum absolute atomic E-state index is 13.0. The van der Waals surface area contributed by atoms with Crippen LogP contribution in [0, 0.1) is 0 Å². The first-order valence-electron chi connectivity index (χ1n) is 3.73. The van der Waals surface area contributed by atoms with Crippen LogP contribution in [0.1, 0.15) is 13.3 Å². The van der Waals surface area contributed by atoms with Crippen LogP contribution in [0.25, 0.3) is 0 Å². The van der Waals surface area contributed by atoms with Gasteiger partial charge in [0.05, 0.1) is 0 Å². The molecule has 0 amide bonds. The lowest BCUT2D eigenvalue weighted by Crippen LogP contribution is -1.89. The molecule has 2 aliphatic carbocycles. The third-order valence-electron chi connectivity index (χ3n) is 2.12. The largest absolute Gasteiger partial charge is 0.206 e. The fourth-order valence-electron chi connectivity index (χ4n) is 1.51. The molecule has 0 saturated heterocycles. The van der Waals surface area contributed by atoms with Crippen LogP contribution in [-0.2, 0) is 0 Å². The van der Waals surface area contributed by atoms with Crippen LogP contribution in [0.3, 0.4) is 0 Å². The Balaban J connectivity index is 2.53. The molecule has 0 spiro atoms. The minimum atomic E-state index is -0.0816. The fourth-order valence-corrected chi connectivity index (χ4v) is 1.51. The van der Waals surface area contributed by atoms with Gasteiger partial charge in [0, 0.05) is 5.57 Å². The minimum absolute atomic E-state index is 0.0816. The van der Waals surface area contributed by atoms with E-state index >= 15 is 0 Å². The third kappa shape index (κ3) is 0.881. The van der Waals surface area contributed by atoms with Crippen molar-refractivity contribution in [1.82, 2.24) is 0 Å². The zero-order chi connectivity index (χ0) is 7.84. The summed E-state index contributed by atoms with van der Waals surface area (Å²) in [4.78, 5) is 0. The van der Waals surface area contributed by atoms with Gasteiger partial charge >= 0.3 is 0 Å². The van der Waals surface area contributed by atoms with Crippen LogP contribution in [-0.4, -0.2) is 0 Å². The average Bonchev–Trinajstić information content (AvgIpc) is 2.30. The molecule has 0 aromatic rings. The van der Waals surface area contributed by atoms with Crippen molar-refractivity contribution in [3.8, 4) is 0 Å². The quantitative estimate of drug-likeness (QED) is 0.495. The van der Waals surface area contributed by atoms with E-state index in [1.807, 2.05) is 19.1 Å². The molecular weight excluding hydrogens is 139 g/mol. The SMILES string of the molecule is CC1=C2CC=CC=C2C(F)=C1. The average molecular weight is 148 g/mol. The van der Waals surface area contributed by atoms with Gasteiger partial charge < -0.3 is 0 Å². The molecule has 0 atom stereocenters. The fraction of sp³-hybridized carbons (Fsp3) is 0.200. The Labute approximate surface area is 65.4 Å². The summed E-state index contributed by atoms with van der Waals surface area (Å²) in [5.41, 5.74) is 2.99. The predicted molar refractivity (Wildman–Crippen MR) is 43.7 cm³/mol. The Morgan fingerprint density at radius 1 is 1.45 bits per heavy atom. The number of hydrogen-bond donors (Lipinski definition) is 0. The Bertz CT molecular complexity index is 314. The Morgan fingerprint density at radius 2 is 2.27 bits per heavy atom. The Morgan fingerprint density at radius 3 is 3.00 bits per heavy atom. The standard InChI is InChI=1S/C10H9F/c1-7-6-10(11)9-5-3-2-4-8(7)9/h2-3,5-6H,4H2,1H3. The molecule has 0 bridgehead atoms. The van der Waals surface area contributed by atoms with Gasteiger partial charge in [0.25, 0.3) is 0 Å². The Kier molecular flexibility index (Phi) is 1.31. The van der Waals surface area contributed by atoms with Crippen molar-refractivity contribution in [2.24, 2.45) is 0 Å². The van der Waals surface area contributed by atoms with Gasteiger partial charge in [-0.15, -0.1) is 0 Å². The van der Waals surface area contributed by atoms with Gasteiger partial charge in [0.1, 0.15) is 5.83 Å². The number of hydrogen-bond acceptors (Lipinski definition) is 0. The van der Waals surface area contributed by atoms with Crippen LogP contribution in [0.4, 0.5) is 4.39 Å². The van der Waals surface area contributed by atoms with E-state index in [0.29, 0.717) is 0 Å². The summed E-state index contributed by atoms with van der Waals surface area (Å²) in [6.07, 6.45) is 8.27. The topological polar surface area (TPSA) is 0 Å². The predicted octanol–water partition coefficient (Wildman–Crippen LogP) is 3.06. The van der Waals surface area contributed by atoms with Gasteiger partial charge in [-0.1, -0.05) is 18.2 Å². The molecule has 0 N–H and O–H groups in total. The van der Waals surface area contributed by atoms with Crippen molar-refractivity contribution in [3.63, 3.8) is 0 Å². The van der Waals surface area contributed by atoms with Gasteiger partial charge in [-0.25, -0.2) is 4.39 Å². The molecule has 56 valence electrons. The second kappa shape index (κ2) is 2.19. The summed E-state index contributed by atoms with van der Waals surface area (Å²) < 4.78 is 13.0. The van der Waals surface area contributed by atoms with Crippen LogP contribution < -0.4 is 0 Å². The molecule has 1 heteroatoms. The minimum Gasteiger partial charge on any atom is -0.206 e. The van der Waals surface area contributed by atoms with E-state index in [1.165, 1.54) is 0 Å². The van der Waals surface area contributed by atoms with Gasteiger partial charge in [-0.05, 0) is 30.6 Å². The highest BCUT2D eigenvalue weighted by Gasteiger charge is 2.19. The Hall–Kier alpha value is -1.11. The summed E-state index contributed by atoms with van der Waals surface area (Å²) in [7, 11) is 0. The maximum atomic E-state index is 13.0. The third-order valence-corrected chi connectivity index (χ3v) is 2.12. The normalized spacial score (nSPS) is 21.6. The van der Waals surface area contributed by atoms with E-state index in [-0.39, 0.29) is 5.83 Å². The molecular formula is C10H9F. The molecule has 0 fully saturated rings. The molecule has 0 aromatic carbocycles. The number of fused-ring (bicyclic) bond motifs is 1. The molecule has 0 radical (unpaired) electrons. The highest BCUT2D eigenvalue weighted by Crippen LogP contribution is 2.35. The zero-order valence-electron chi connectivity index (χ0n) is 6.39. The van der Waals surface area contributed by atoms with Gasteiger partial charge in [0.15, 0.2) is 0 Å². The van der Waals surface area contributed by atoms with Crippen molar-refractivity contribution in [1.29, 1.82) is 0 Å². The van der Waals surface area contributed by atoms with Crippen LogP contribution in [0.2, 0.25) is 0 Å². The number of rotatable bonds is 0.